The molecule has 1 fully saturated rings. The molecule has 5 aliphatic rings. The van der Waals surface area contributed by atoms with E-state index in [4.69, 9.17) is 4.74 Å². The Balaban J connectivity index is 1.28. The van der Waals surface area contributed by atoms with Crippen LogP contribution in [0.2, 0.25) is 0 Å². The highest BCUT2D eigenvalue weighted by atomic mass is 16.5. The van der Waals surface area contributed by atoms with Gasteiger partial charge in [-0.25, -0.2) is 0 Å². The lowest BCUT2D eigenvalue weighted by molar-refractivity contribution is 0.312. The van der Waals surface area contributed by atoms with Gasteiger partial charge in [0.1, 0.15) is 5.75 Å². The number of aryl methyl sites for hydroxylation is 1. The monoisotopic (exact) mass is 426 g/mol. The van der Waals surface area contributed by atoms with Crippen molar-refractivity contribution in [2.75, 3.05) is 13.7 Å². The predicted octanol–water partition coefficient (Wildman–Crippen LogP) is 6.25. The second kappa shape index (κ2) is 8.42. The average molecular weight is 427 g/mol. The summed E-state index contributed by atoms with van der Waals surface area (Å²) in [6.45, 7) is 0.978. The van der Waals surface area contributed by atoms with Crippen molar-refractivity contribution in [3.63, 3.8) is 0 Å². The average Bonchev–Trinajstić information content (AvgIpc) is 3.07. The maximum atomic E-state index is 5.42. The second-order valence-corrected chi connectivity index (χ2v) is 10.0. The van der Waals surface area contributed by atoms with Crippen molar-refractivity contribution >= 4 is 6.21 Å². The standard InChI is InChI=1S/C29H34N2O/c1-32-23-10-5-7-20(18-23)6-4-9-21-12-15-25-26-19-30-17-16-28(26)31-27-11-3-2-8-22(27)13-14-24(21)29(25)31/h2,5,7-8,10,13,16-18,21,25-27H,3-4,6,9,11-12,14-15,19H2,1H3/t21?,25-,26-,27?/m1/s1. The van der Waals surface area contributed by atoms with Crippen molar-refractivity contribution in [2.45, 2.75) is 57.4 Å². The SMILES string of the molecule is COc1cccc(CCCC2CC[C@H]3C4=C2CC=C2C=CCCC2N4C2=CC=NC[C@@H]23)c1. The van der Waals surface area contributed by atoms with Gasteiger partial charge in [0.15, 0.2) is 0 Å². The number of fused-ring (bicyclic) bond motifs is 5. The molecule has 3 aliphatic heterocycles. The normalized spacial score (nSPS) is 30.2. The van der Waals surface area contributed by atoms with Gasteiger partial charge in [-0.3, -0.25) is 4.99 Å². The third-order valence-electron chi connectivity index (χ3n) is 8.38. The molecule has 2 aliphatic carbocycles. The van der Waals surface area contributed by atoms with Crippen LogP contribution in [-0.4, -0.2) is 30.8 Å². The van der Waals surface area contributed by atoms with Gasteiger partial charge in [-0.1, -0.05) is 30.4 Å². The summed E-state index contributed by atoms with van der Waals surface area (Å²) >= 11 is 0. The fraction of sp³-hybridized carbons (Fsp3) is 0.483. The summed E-state index contributed by atoms with van der Waals surface area (Å²) in [6.07, 6.45) is 21.7. The van der Waals surface area contributed by atoms with Gasteiger partial charge in [0.2, 0.25) is 0 Å². The largest absolute Gasteiger partial charge is 0.497 e. The van der Waals surface area contributed by atoms with Crippen LogP contribution in [-0.2, 0) is 6.42 Å². The van der Waals surface area contributed by atoms with Crippen LogP contribution < -0.4 is 4.74 Å². The quantitative estimate of drug-likeness (QED) is 0.556. The molecule has 6 rings (SSSR count). The fourth-order valence-electron chi connectivity index (χ4n) is 6.90. The van der Waals surface area contributed by atoms with Crippen molar-refractivity contribution in [3.05, 3.63) is 76.7 Å². The first-order valence-corrected chi connectivity index (χ1v) is 12.5. The highest BCUT2D eigenvalue weighted by Crippen LogP contribution is 2.55. The maximum Gasteiger partial charge on any atom is 0.119 e. The van der Waals surface area contributed by atoms with Crippen LogP contribution >= 0.6 is 0 Å². The van der Waals surface area contributed by atoms with E-state index in [1.54, 1.807) is 29.7 Å². The van der Waals surface area contributed by atoms with E-state index in [1.807, 2.05) is 6.07 Å². The van der Waals surface area contributed by atoms with Crippen molar-refractivity contribution in [1.29, 1.82) is 0 Å². The highest BCUT2D eigenvalue weighted by molar-refractivity contribution is 5.74. The number of hydrogen-bond acceptors (Lipinski definition) is 3. The molecule has 0 spiro atoms. The van der Waals surface area contributed by atoms with E-state index in [9.17, 15) is 0 Å². The lowest BCUT2D eigenvalue weighted by Gasteiger charge is -2.37. The van der Waals surface area contributed by atoms with Crippen LogP contribution in [0.25, 0.3) is 0 Å². The Bertz CT molecular complexity index is 1040. The molecule has 3 nitrogen and oxygen atoms in total. The van der Waals surface area contributed by atoms with E-state index >= 15 is 0 Å². The summed E-state index contributed by atoms with van der Waals surface area (Å²) in [5, 5.41) is 0. The zero-order valence-electron chi connectivity index (χ0n) is 19.2. The van der Waals surface area contributed by atoms with Crippen molar-refractivity contribution in [3.8, 4) is 5.75 Å². The number of rotatable bonds is 5. The molecule has 4 atom stereocenters. The number of ether oxygens (including phenoxy) is 1. The first kappa shape index (κ1) is 20.1. The number of methoxy groups -OCH3 is 1. The molecule has 1 saturated heterocycles. The Hall–Kier alpha value is -2.55. The molecular formula is C29H34N2O. The van der Waals surface area contributed by atoms with Crippen molar-refractivity contribution in [2.24, 2.45) is 22.7 Å². The van der Waals surface area contributed by atoms with Crippen LogP contribution in [0.4, 0.5) is 0 Å². The predicted molar refractivity (Wildman–Crippen MR) is 131 cm³/mol. The van der Waals surface area contributed by atoms with Gasteiger partial charge in [0, 0.05) is 36.0 Å². The molecule has 3 heterocycles. The Kier molecular flexibility index (Phi) is 5.29. The fourth-order valence-corrected chi connectivity index (χ4v) is 6.90. The minimum Gasteiger partial charge on any atom is -0.497 e. The molecule has 0 N–H and O–H groups in total. The molecule has 166 valence electrons. The molecule has 2 unspecified atom stereocenters. The van der Waals surface area contributed by atoms with E-state index in [-0.39, 0.29) is 0 Å². The number of dihydropyridines is 1. The Morgan fingerprint density at radius 1 is 1.16 bits per heavy atom. The van der Waals surface area contributed by atoms with Crippen LogP contribution in [0.5, 0.6) is 5.75 Å². The molecule has 0 aromatic heterocycles. The zero-order chi connectivity index (χ0) is 21.5. The van der Waals surface area contributed by atoms with Crippen LogP contribution in [0.1, 0.15) is 50.5 Å². The second-order valence-electron chi connectivity index (χ2n) is 10.0. The van der Waals surface area contributed by atoms with Gasteiger partial charge in [0.05, 0.1) is 13.2 Å². The minimum atomic E-state index is 0.535. The van der Waals surface area contributed by atoms with Crippen LogP contribution in [0.15, 0.2) is 76.1 Å². The first-order valence-electron chi connectivity index (χ1n) is 12.5. The van der Waals surface area contributed by atoms with Gasteiger partial charge in [-0.05, 0) is 92.2 Å². The summed E-state index contributed by atoms with van der Waals surface area (Å²) in [7, 11) is 1.75. The van der Waals surface area contributed by atoms with Gasteiger partial charge in [0.25, 0.3) is 0 Å². The maximum absolute atomic E-state index is 5.42. The first-order chi connectivity index (χ1) is 15.8. The van der Waals surface area contributed by atoms with Gasteiger partial charge in [-0.15, -0.1) is 0 Å². The number of aliphatic imine (C=N–C) groups is 1. The summed E-state index contributed by atoms with van der Waals surface area (Å²) in [6, 6.07) is 9.13. The molecule has 32 heavy (non-hydrogen) atoms. The van der Waals surface area contributed by atoms with Crippen molar-refractivity contribution < 1.29 is 4.74 Å². The third-order valence-corrected chi connectivity index (χ3v) is 8.38. The molecule has 0 saturated carbocycles. The molecule has 0 amide bonds. The Morgan fingerprint density at radius 3 is 3.06 bits per heavy atom. The Morgan fingerprint density at radius 2 is 2.12 bits per heavy atom. The topological polar surface area (TPSA) is 24.8 Å². The number of hydrogen-bond donors (Lipinski definition) is 0. The van der Waals surface area contributed by atoms with E-state index in [0.29, 0.717) is 17.9 Å². The lowest BCUT2D eigenvalue weighted by atomic mass is 9.73. The van der Waals surface area contributed by atoms with Crippen LogP contribution in [0.3, 0.4) is 0 Å². The van der Waals surface area contributed by atoms with Crippen LogP contribution in [0, 0.1) is 17.8 Å². The van der Waals surface area contributed by atoms with Gasteiger partial charge in [-0.2, -0.15) is 0 Å². The van der Waals surface area contributed by atoms with E-state index in [1.165, 1.54) is 44.1 Å². The van der Waals surface area contributed by atoms with Gasteiger partial charge < -0.3 is 9.64 Å². The number of allylic oxidation sites excluding steroid dienone is 5. The smallest absolute Gasteiger partial charge is 0.119 e. The van der Waals surface area contributed by atoms with E-state index in [0.717, 1.165) is 31.1 Å². The van der Waals surface area contributed by atoms with Crippen molar-refractivity contribution in [1.82, 2.24) is 4.90 Å². The molecule has 0 bridgehead atoms. The third kappa shape index (κ3) is 3.37. The number of nitrogens with zero attached hydrogens (tertiary/aromatic N) is 2. The lowest BCUT2D eigenvalue weighted by Crippen LogP contribution is -2.34. The number of benzene rings is 1. The molecule has 0 radical (unpaired) electrons. The van der Waals surface area contributed by atoms with Gasteiger partial charge >= 0.3 is 0 Å². The molecule has 3 heteroatoms. The minimum absolute atomic E-state index is 0.535. The summed E-state index contributed by atoms with van der Waals surface area (Å²) in [4.78, 5) is 7.48. The molecule has 1 aromatic carbocycles. The summed E-state index contributed by atoms with van der Waals surface area (Å²) in [5.41, 5.74) is 7.95. The highest BCUT2D eigenvalue weighted by Gasteiger charge is 2.49. The van der Waals surface area contributed by atoms with E-state index < -0.39 is 0 Å². The Labute approximate surface area is 192 Å². The molecular weight excluding hydrogens is 392 g/mol. The zero-order valence-corrected chi connectivity index (χ0v) is 19.2. The summed E-state index contributed by atoms with van der Waals surface area (Å²) < 4.78 is 5.42. The van der Waals surface area contributed by atoms with E-state index in [2.05, 4.69) is 58.6 Å². The summed E-state index contributed by atoms with van der Waals surface area (Å²) in [5.74, 6) is 2.98. The molecule has 1 aromatic rings.